The van der Waals surface area contributed by atoms with Crippen LogP contribution < -0.4 is 10.1 Å². The van der Waals surface area contributed by atoms with Crippen molar-refractivity contribution in [1.82, 2.24) is 15.5 Å². The average Bonchev–Trinajstić information content (AvgIpc) is 3.22. The predicted octanol–water partition coefficient (Wildman–Crippen LogP) is 3.93. The first kappa shape index (κ1) is 22.5. The molecule has 0 aliphatic carbocycles. The largest absolute Gasteiger partial charge is 0.493 e. The number of carbonyl (C=O) groups excluding carboxylic acids is 2. The molecule has 0 saturated heterocycles. The number of halogens is 1. The molecule has 1 N–H and O–H groups in total. The third-order valence-electron chi connectivity index (χ3n) is 4.29. The molecule has 0 spiro atoms. The standard InChI is InChI=1S/C22H22FN3O4S/c1-3-29-20-7-5-4-6-17(20)21-25-26-22(30-21)31-13-19(28)16-9-8-15(18(23)12-16)10-11-24-14(2)27/h4-9,12H,3,10-11,13H2,1-2H3,(H,24,27). The summed E-state index contributed by atoms with van der Waals surface area (Å²) < 4.78 is 25.5. The minimum absolute atomic E-state index is 0.0272. The van der Waals surface area contributed by atoms with Gasteiger partial charge in [0, 0.05) is 19.0 Å². The summed E-state index contributed by atoms with van der Waals surface area (Å²) in [6, 6.07) is 11.7. The van der Waals surface area contributed by atoms with Crippen LogP contribution in [0.1, 0.15) is 29.8 Å². The van der Waals surface area contributed by atoms with E-state index in [4.69, 9.17) is 9.15 Å². The zero-order chi connectivity index (χ0) is 22.2. The zero-order valence-electron chi connectivity index (χ0n) is 17.2. The second kappa shape index (κ2) is 10.7. The van der Waals surface area contributed by atoms with Crippen molar-refractivity contribution < 1.29 is 23.1 Å². The average molecular weight is 444 g/mol. The number of benzene rings is 2. The molecule has 2 aromatic carbocycles. The Morgan fingerprint density at radius 2 is 2.00 bits per heavy atom. The molecular weight excluding hydrogens is 421 g/mol. The van der Waals surface area contributed by atoms with Gasteiger partial charge in [0.05, 0.1) is 17.9 Å². The highest BCUT2D eigenvalue weighted by Crippen LogP contribution is 2.30. The van der Waals surface area contributed by atoms with Crippen molar-refractivity contribution in [2.75, 3.05) is 18.9 Å². The second-order valence-corrected chi connectivity index (χ2v) is 7.48. The quantitative estimate of drug-likeness (QED) is 0.375. The van der Waals surface area contributed by atoms with E-state index >= 15 is 0 Å². The lowest BCUT2D eigenvalue weighted by molar-refractivity contribution is -0.118. The summed E-state index contributed by atoms with van der Waals surface area (Å²) in [4.78, 5) is 23.4. The number of nitrogens with zero attached hydrogens (tertiary/aromatic N) is 2. The Bertz CT molecular complexity index is 1070. The van der Waals surface area contributed by atoms with Crippen LogP contribution in [0.3, 0.4) is 0 Å². The topological polar surface area (TPSA) is 94.3 Å². The van der Waals surface area contributed by atoms with Crippen LogP contribution in [0, 0.1) is 5.82 Å². The molecule has 0 saturated carbocycles. The molecule has 31 heavy (non-hydrogen) atoms. The van der Waals surface area contributed by atoms with Gasteiger partial charge in [-0.1, -0.05) is 36.0 Å². The van der Waals surface area contributed by atoms with Gasteiger partial charge in [0.1, 0.15) is 11.6 Å². The van der Waals surface area contributed by atoms with E-state index in [0.29, 0.717) is 42.3 Å². The number of rotatable bonds is 10. The zero-order valence-corrected chi connectivity index (χ0v) is 18.0. The Labute approximate surface area is 183 Å². The SMILES string of the molecule is CCOc1ccccc1-c1nnc(SCC(=O)c2ccc(CCNC(C)=O)c(F)c2)o1. The van der Waals surface area contributed by atoms with E-state index in [0.717, 1.165) is 11.8 Å². The van der Waals surface area contributed by atoms with Gasteiger partial charge in [0.2, 0.25) is 5.91 Å². The number of Topliss-reactive ketones (excluding diaryl/α,β-unsaturated/α-hetero) is 1. The van der Waals surface area contributed by atoms with Crippen LogP contribution >= 0.6 is 11.8 Å². The van der Waals surface area contributed by atoms with Crippen molar-refractivity contribution in [3.8, 4) is 17.2 Å². The smallest absolute Gasteiger partial charge is 0.277 e. The fraction of sp³-hybridized carbons (Fsp3) is 0.273. The molecule has 7 nitrogen and oxygen atoms in total. The Morgan fingerprint density at radius 3 is 2.74 bits per heavy atom. The monoisotopic (exact) mass is 443 g/mol. The summed E-state index contributed by atoms with van der Waals surface area (Å²) in [7, 11) is 0. The number of ether oxygens (including phenoxy) is 1. The van der Waals surface area contributed by atoms with E-state index < -0.39 is 5.82 Å². The molecule has 162 valence electrons. The number of thioether (sulfide) groups is 1. The van der Waals surface area contributed by atoms with Crippen molar-refractivity contribution in [3.63, 3.8) is 0 Å². The van der Waals surface area contributed by atoms with Crippen molar-refractivity contribution in [2.24, 2.45) is 0 Å². The highest BCUT2D eigenvalue weighted by Gasteiger charge is 2.16. The molecule has 3 rings (SSSR count). The first-order chi connectivity index (χ1) is 15.0. The fourth-order valence-electron chi connectivity index (χ4n) is 2.81. The maximum Gasteiger partial charge on any atom is 0.277 e. The Balaban J connectivity index is 1.60. The lowest BCUT2D eigenvalue weighted by Gasteiger charge is -2.06. The summed E-state index contributed by atoms with van der Waals surface area (Å²) in [6.07, 6.45) is 0.350. The van der Waals surface area contributed by atoms with Gasteiger partial charge in [-0.05, 0) is 37.1 Å². The van der Waals surface area contributed by atoms with Crippen molar-refractivity contribution >= 4 is 23.5 Å². The molecular formula is C22H22FN3O4S. The summed E-state index contributed by atoms with van der Waals surface area (Å²) in [5, 5.41) is 10.8. The first-order valence-electron chi connectivity index (χ1n) is 9.72. The lowest BCUT2D eigenvalue weighted by atomic mass is 10.1. The van der Waals surface area contributed by atoms with Crippen molar-refractivity contribution in [2.45, 2.75) is 25.5 Å². The molecule has 0 fully saturated rings. The number of carbonyl (C=O) groups is 2. The van der Waals surface area contributed by atoms with Gasteiger partial charge in [-0.3, -0.25) is 9.59 Å². The third-order valence-corrected chi connectivity index (χ3v) is 5.11. The molecule has 1 amide bonds. The molecule has 0 radical (unpaired) electrons. The van der Waals surface area contributed by atoms with Crippen LogP contribution in [-0.2, 0) is 11.2 Å². The molecule has 0 aliphatic rings. The predicted molar refractivity (Wildman–Crippen MR) is 115 cm³/mol. The summed E-state index contributed by atoms with van der Waals surface area (Å²) in [6.45, 7) is 4.13. The molecule has 0 aliphatic heterocycles. The van der Waals surface area contributed by atoms with E-state index in [1.54, 1.807) is 12.1 Å². The van der Waals surface area contributed by atoms with Crippen molar-refractivity contribution in [1.29, 1.82) is 0 Å². The Morgan fingerprint density at radius 1 is 1.19 bits per heavy atom. The first-order valence-corrected chi connectivity index (χ1v) is 10.7. The van der Waals surface area contributed by atoms with E-state index in [1.165, 1.54) is 13.0 Å². The molecule has 9 heteroatoms. The van der Waals surface area contributed by atoms with Crippen molar-refractivity contribution in [3.05, 3.63) is 59.4 Å². The number of para-hydroxylation sites is 1. The number of ketones is 1. The lowest BCUT2D eigenvalue weighted by Crippen LogP contribution is -2.22. The Kier molecular flexibility index (Phi) is 7.77. The Hall–Kier alpha value is -3.20. The molecule has 3 aromatic rings. The summed E-state index contributed by atoms with van der Waals surface area (Å²) in [5.41, 5.74) is 1.37. The van der Waals surface area contributed by atoms with Gasteiger partial charge in [0.25, 0.3) is 11.1 Å². The van der Waals surface area contributed by atoms with Gasteiger partial charge in [-0.25, -0.2) is 4.39 Å². The minimum atomic E-state index is -0.478. The molecule has 0 unspecified atom stereocenters. The molecule has 1 aromatic heterocycles. The third kappa shape index (κ3) is 6.14. The number of hydrogen-bond acceptors (Lipinski definition) is 7. The van der Waals surface area contributed by atoms with Gasteiger partial charge in [0.15, 0.2) is 5.78 Å². The molecule has 0 atom stereocenters. The molecule has 1 heterocycles. The minimum Gasteiger partial charge on any atom is -0.493 e. The van der Waals surface area contributed by atoms with Gasteiger partial charge >= 0.3 is 0 Å². The fourth-order valence-corrected chi connectivity index (χ4v) is 3.47. The van der Waals surface area contributed by atoms with E-state index in [-0.39, 0.29) is 28.2 Å². The number of amides is 1. The highest BCUT2D eigenvalue weighted by atomic mass is 32.2. The maximum atomic E-state index is 14.3. The van der Waals surface area contributed by atoms with E-state index in [9.17, 15) is 14.0 Å². The number of aromatic nitrogens is 2. The summed E-state index contributed by atoms with van der Waals surface area (Å²) in [5.74, 6) is 0.0543. The maximum absolute atomic E-state index is 14.3. The second-order valence-electron chi connectivity index (χ2n) is 6.55. The normalized spacial score (nSPS) is 10.7. The molecule has 0 bridgehead atoms. The van der Waals surface area contributed by atoms with E-state index in [2.05, 4.69) is 15.5 Å². The van der Waals surface area contributed by atoms with Crippen LogP contribution in [-0.4, -0.2) is 40.8 Å². The van der Waals surface area contributed by atoms with Gasteiger partial charge in [-0.15, -0.1) is 10.2 Å². The van der Waals surface area contributed by atoms with Crippen LogP contribution in [0.15, 0.2) is 52.1 Å². The van der Waals surface area contributed by atoms with Crippen LogP contribution in [0.5, 0.6) is 5.75 Å². The van der Waals surface area contributed by atoms with Crippen LogP contribution in [0.25, 0.3) is 11.5 Å². The summed E-state index contributed by atoms with van der Waals surface area (Å²) >= 11 is 1.08. The highest BCUT2D eigenvalue weighted by molar-refractivity contribution is 7.99. The van der Waals surface area contributed by atoms with Crippen LogP contribution in [0.4, 0.5) is 4.39 Å². The van der Waals surface area contributed by atoms with Gasteiger partial charge < -0.3 is 14.5 Å². The van der Waals surface area contributed by atoms with Gasteiger partial charge in [-0.2, -0.15) is 0 Å². The number of nitrogens with one attached hydrogen (secondary N) is 1. The van der Waals surface area contributed by atoms with E-state index in [1.807, 2.05) is 31.2 Å². The number of hydrogen-bond donors (Lipinski definition) is 1. The van der Waals surface area contributed by atoms with Crippen LogP contribution in [0.2, 0.25) is 0 Å².